The summed E-state index contributed by atoms with van der Waals surface area (Å²) in [6.07, 6.45) is -3.56. The molecular weight excluding hydrogens is 509 g/mol. The highest BCUT2D eigenvalue weighted by molar-refractivity contribution is 7.89. The van der Waals surface area contributed by atoms with E-state index < -0.39 is 33.1 Å². The fraction of sp³-hybridized carbons (Fsp3) is 0.269. The van der Waals surface area contributed by atoms with Crippen molar-refractivity contribution in [2.45, 2.75) is 29.3 Å². The zero-order valence-electron chi connectivity index (χ0n) is 19.9. The Kier molecular flexibility index (Phi) is 5.95. The Morgan fingerprint density at radius 3 is 2.24 bits per heavy atom. The standard InChI is InChI=1S/C26H23F3N2O5S.H2/c1-31(2)37(33,34)21-6-3-16(4-7-21)17-11-19(26(27,28)29)13-20(12-17)30-24(32)25(9-10-25)18-5-8-22-23(14-18)36-15-35-22;/h3-8,11-14H,9-10,15H2,1-2H3,(H,30,32);1H. The molecule has 3 aromatic rings. The number of halogens is 3. The van der Waals surface area contributed by atoms with Gasteiger partial charge in [0.2, 0.25) is 22.7 Å². The molecule has 1 saturated carbocycles. The van der Waals surface area contributed by atoms with E-state index in [-0.39, 0.29) is 24.4 Å². The number of carbonyl (C=O) groups is 1. The molecule has 196 valence electrons. The second-order valence-electron chi connectivity index (χ2n) is 9.21. The number of fused-ring (bicyclic) bond motifs is 1. The van der Waals surface area contributed by atoms with Crippen LogP contribution in [0.3, 0.4) is 0 Å². The van der Waals surface area contributed by atoms with Gasteiger partial charge in [0.05, 0.1) is 15.9 Å². The van der Waals surface area contributed by atoms with Gasteiger partial charge in [-0.2, -0.15) is 13.2 Å². The van der Waals surface area contributed by atoms with Gasteiger partial charge in [-0.15, -0.1) is 0 Å². The molecule has 0 bridgehead atoms. The minimum absolute atomic E-state index is 0. The highest BCUT2D eigenvalue weighted by Gasteiger charge is 2.51. The van der Waals surface area contributed by atoms with Gasteiger partial charge >= 0.3 is 6.18 Å². The Bertz CT molecular complexity index is 1490. The number of amides is 1. The van der Waals surface area contributed by atoms with Crippen molar-refractivity contribution < 1.29 is 37.3 Å². The van der Waals surface area contributed by atoms with Crippen molar-refractivity contribution in [2.24, 2.45) is 0 Å². The van der Waals surface area contributed by atoms with Crippen molar-refractivity contribution in [3.05, 3.63) is 71.8 Å². The number of hydrogen-bond acceptors (Lipinski definition) is 5. The molecule has 7 nitrogen and oxygen atoms in total. The maximum Gasteiger partial charge on any atom is 0.416 e. The van der Waals surface area contributed by atoms with Crippen LogP contribution >= 0.6 is 0 Å². The number of anilines is 1. The number of hydrogen-bond donors (Lipinski definition) is 1. The van der Waals surface area contributed by atoms with Gasteiger partial charge in [-0.3, -0.25) is 4.79 Å². The molecule has 1 amide bonds. The Balaban J connectivity index is 0.00000336. The minimum atomic E-state index is -4.65. The van der Waals surface area contributed by atoms with Gasteiger partial charge in [0.1, 0.15) is 0 Å². The molecule has 11 heteroatoms. The molecule has 0 aromatic heterocycles. The lowest BCUT2D eigenvalue weighted by Gasteiger charge is -2.18. The summed E-state index contributed by atoms with van der Waals surface area (Å²) in [6.45, 7) is 0.0903. The lowest BCUT2D eigenvalue weighted by molar-refractivity contribution is -0.137. The molecule has 1 aliphatic heterocycles. The van der Waals surface area contributed by atoms with E-state index >= 15 is 0 Å². The number of nitrogens with zero attached hydrogens (tertiary/aromatic N) is 1. The monoisotopic (exact) mass is 534 g/mol. The first-order valence-electron chi connectivity index (χ1n) is 11.4. The molecule has 3 aromatic carbocycles. The fourth-order valence-electron chi connectivity index (χ4n) is 4.28. The predicted molar refractivity (Wildman–Crippen MR) is 132 cm³/mol. The van der Waals surface area contributed by atoms with E-state index in [1.807, 2.05) is 0 Å². The number of benzene rings is 3. The zero-order valence-corrected chi connectivity index (χ0v) is 20.7. The number of nitrogens with one attached hydrogen (secondary N) is 1. The van der Waals surface area contributed by atoms with E-state index in [0.29, 0.717) is 35.5 Å². The second kappa shape index (κ2) is 8.77. The van der Waals surface area contributed by atoms with Crippen molar-refractivity contribution >= 4 is 21.6 Å². The van der Waals surface area contributed by atoms with Crippen LogP contribution in [-0.4, -0.2) is 39.5 Å². The first-order chi connectivity index (χ1) is 17.4. The number of ether oxygens (including phenoxy) is 2. The Hall–Kier alpha value is -3.57. The predicted octanol–water partition coefficient (Wildman–Crippen LogP) is 5.27. The number of sulfonamides is 1. The normalized spacial score (nSPS) is 16.1. The summed E-state index contributed by atoms with van der Waals surface area (Å²) in [5, 5.41) is 2.67. The molecule has 37 heavy (non-hydrogen) atoms. The van der Waals surface area contributed by atoms with Crippen LogP contribution in [0.25, 0.3) is 11.1 Å². The van der Waals surface area contributed by atoms with Crippen LogP contribution in [0.15, 0.2) is 65.6 Å². The molecule has 5 rings (SSSR count). The highest BCUT2D eigenvalue weighted by atomic mass is 32.2. The van der Waals surface area contributed by atoms with Gasteiger partial charge in [-0.1, -0.05) is 18.2 Å². The maximum atomic E-state index is 13.7. The van der Waals surface area contributed by atoms with E-state index in [9.17, 15) is 26.4 Å². The minimum Gasteiger partial charge on any atom is -0.454 e. The lowest BCUT2D eigenvalue weighted by atomic mass is 9.94. The van der Waals surface area contributed by atoms with E-state index in [4.69, 9.17) is 9.47 Å². The molecule has 1 aliphatic carbocycles. The first kappa shape index (κ1) is 25.1. The van der Waals surface area contributed by atoms with Crippen molar-refractivity contribution in [2.75, 3.05) is 26.2 Å². The topological polar surface area (TPSA) is 84.9 Å². The van der Waals surface area contributed by atoms with E-state index in [2.05, 4.69) is 5.32 Å². The smallest absolute Gasteiger partial charge is 0.416 e. The van der Waals surface area contributed by atoms with Crippen molar-refractivity contribution in [3.8, 4) is 22.6 Å². The Morgan fingerprint density at radius 1 is 0.946 bits per heavy atom. The van der Waals surface area contributed by atoms with E-state index in [1.54, 1.807) is 18.2 Å². The summed E-state index contributed by atoms with van der Waals surface area (Å²) >= 11 is 0. The largest absolute Gasteiger partial charge is 0.454 e. The Morgan fingerprint density at radius 2 is 1.62 bits per heavy atom. The molecule has 2 aliphatic rings. The molecule has 0 unspecified atom stereocenters. The molecule has 1 heterocycles. The van der Waals surface area contributed by atoms with Crippen LogP contribution in [-0.2, 0) is 26.4 Å². The highest BCUT2D eigenvalue weighted by Crippen LogP contribution is 2.51. The third kappa shape index (κ3) is 4.64. The maximum absolute atomic E-state index is 13.7. The summed E-state index contributed by atoms with van der Waals surface area (Å²) in [5.41, 5.74) is -0.537. The molecular formula is C26H25F3N2O5S. The van der Waals surface area contributed by atoms with E-state index in [0.717, 1.165) is 16.4 Å². The lowest BCUT2D eigenvalue weighted by Crippen LogP contribution is -2.28. The molecule has 0 saturated heterocycles. The van der Waals surface area contributed by atoms with Gasteiger partial charge in [0, 0.05) is 21.2 Å². The van der Waals surface area contributed by atoms with E-state index in [1.165, 1.54) is 44.4 Å². The van der Waals surface area contributed by atoms with Gasteiger partial charge in [0.15, 0.2) is 11.5 Å². The molecule has 0 radical (unpaired) electrons. The van der Waals surface area contributed by atoms with Crippen LogP contribution in [0.1, 0.15) is 25.4 Å². The van der Waals surface area contributed by atoms with Crippen molar-refractivity contribution in [1.82, 2.24) is 4.31 Å². The second-order valence-corrected chi connectivity index (χ2v) is 11.4. The third-order valence-corrected chi connectivity index (χ3v) is 8.42. The molecule has 1 fully saturated rings. The number of rotatable bonds is 6. The zero-order chi connectivity index (χ0) is 26.6. The van der Waals surface area contributed by atoms with Crippen molar-refractivity contribution in [3.63, 3.8) is 0 Å². The average molecular weight is 535 g/mol. The average Bonchev–Trinajstić information content (AvgIpc) is 3.54. The summed E-state index contributed by atoms with van der Waals surface area (Å²) in [4.78, 5) is 13.3. The SMILES string of the molecule is CN(C)S(=O)(=O)c1ccc(-c2cc(NC(=O)C3(c4ccc5c(c4)OCO5)CC3)cc(C(F)(F)F)c2)cc1.[HH]. The van der Waals surface area contributed by atoms with Gasteiger partial charge in [-0.25, -0.2) is 12.7 Å². The van der Waals surface area contributed by atoms with Crippen LogP contribution in [0.5, 0.6) is 11.5 Å². The third-order valence-electron chi connectivity index (χ3n) is 6.59. The van der Waals surface area contributed by atoms with Gasteiger partial charge in [0.25, 0.3) is 0 Å². The number of carbonyl (C=O) groups excluding carboxylic acids is 1. The quantitative estimate of drug-likeness (QED) is 0.466. The van der Waals surface area contributed by atoms with Crippen LogP contribution < -0.4 is 14.8 Å². The van der Waals surface area contributed by atoms with Crippen LogP contribution in [0.2, 0.25) is 0 Å². The van der Waals surface area contributed by atoms with Crippen LogP contribution in [0.4, 0.5) is 18.9 Å². The summed E-state index contributed by atoms with van der Waals surface area (Å²) < 4.78 is 77.6. The molecule has 0 spiro atoms. The van der Waals surface area contributed by atoms with Crippen molar-refractivity contribution in [1.29, 1.82) is 0 Å². The molecule has 1 N–H and O–H groups in total. The fourth-order valence-corrected chi connectivity index (χ4v) is 5.18. The molecule has 0 atom stereocenters. The van der Waals surface area contributed by atoms with Gasteiger partial charge in [-0.05, 0) is 72.0 Å². The van der Waals surface area contributed by atoms with Gasteiger partial charge < -0.3 is 14.8 Å². The number of alkyl halides is 3. The van der Waals surface area contributed by atoms with Crippen LogP contribution in [0, 0.1) is 0 Å². The summed E-state index contributed by atoms with van der Waals surface area (Å²) in [5.74, 6) is 0.689. The first-order valence-corrected chi connectivity index (χ1v) is 12.8. The Labute approximate surface area is 213 Å². The summed E-state index contributed by atoms with van der Waals surface area (Å²) in [7, 11) is -0.911. The summed E-state index contributed by atoms with van der Waals surface area (Å²) in [6, 6.07) is 14.1.